The number of hydrogen-bond donors (Lipinski definition) is 0. The Balaban J connectivity index is 1.60. The number of aliphatic imine (C=N–C) groups is 1. The summed E-state index contributed by atoms with van der Waals surface area (Å²) in [6.45, 7) is 0.532. The Labute approximate surface area is 181 Å². The molecule has 0 bridgehead atoms. The summed E-state index contributed by atoms with van der Waals surface area (Å²) in [5.74, 6) is 1.36. The van der Waals surface area contributed by atoms with Crippen molar-refractivity contribution in [2.75, 3.05) is 0 Å². The minimum atomic E-state index is 0.532. The highest BCUT2D eigenvalue weighted by molar-refractivity contribution is 14.1. The Kier molecular flexibility index (Phi) is 3.94. The number of aromatic nitrogens is 3. The normalized spacial score (nSPS) is 15.4. The lowest BCUT2D eigenvalue weighted by atomic mass is 9.97. The summed E-state index contributed by atoms with van der Waals surface area (Å²) in [4.78, 5) is 13.8. The van der Waals surface area contributed by atoms with Gasteiger partial charge in [0.25, 0.3) is 0 Å². The molecule has 0 N–H and O–H groups in total. The standard InChI is InChI=1S/C23H17IN4O/c24-18-4-2-1-3-16(18)22-17-9-15(14-5-6-14)7-8-19(17)28-12-27-23(20(28)10-26-22)21-11-25-13-29-21/h1-4,7-9,11-14H,5-6,10H2. The van der Waals surface area contributed by atoms with E-state index in [9.17, 15) is 0 Å². The van der Waals surface area contributed by atoms with Crippen LogP contribution in [0.15, 0.2) is 70.8 Å². The highest BCUT2D eigenvalue weighted by Crippen LogP contribution is 2.42. The lowest BCUT2D eigenvalue weighted by Crippen LogP contribution is -2.09. The van der Waals surface area contributed by atoms with Crippen LogP contribution >= 0.6 is 22.6 Å². The Morgan fingerprint density at radius 3 is 2.76 bits per heavy atom. The summed E-state index contributed by atoms with van der Waals surface area (Å²) in [5.41, 5.74) is 7.70. The van der Waals surface area contributed by atoms with Gasteiger partial charge >= 0.3 is 0 Å². The van der Waals surface area contributed by atoms with Gasteiger partial charge in [-0.3, -0.25) is 9.56 Å². The van der Waals surface area contributed by atoms with Crippen molar-refractivity contribution in [3.05, 3.63) is 87.3 Å². The van der Waals surface area contributed by atoms with Crippen molar-refractivity contribution in [2.24, 2.45) is 4.99 Å². The molecule has 0 unspecified atom stereocenters. The van der Waals surface area contributed by atoms with Gasteiger partial charge in [-0.15, -0.1) is 0 Å². The van der Waals surface area contributed by atoms with Gasteiger partial charge in [0.2, 0.25) is 0 Å². The quantitative estimate of drug-likeness (QED) is 0.362. The zero-order valence-corrected chi connectivity index (χ0v) is 17.7. The van der Waals surface area contributed by atoms with E-state index in [-0.39, 0.29) is 0 Å². The van der Waals surface area contributed by atoms with Gasteiger partial charge in [0, 0.05) is 14.7 Å². The molecule has 5 nitrogen and oxygen atoms in total. The second kappa shape index (κ2) is 6.66. The third-order valence-corrected chi connectivity index (χ3v) is 6.57. The van der Waals surface area contributed by atoms with E-state index in [1.165, 1.54) is 39.5 Å². The molecule has 2 aromatic carbocycles. The molecule has 6 rings (SSSR count). The van der Waals surface area contributed by atoms with E-state index in [2.05, 4.69) is 79.6 Å². The minimum Gasteiger partial charge on any atom is -0.442 e. The smallest absolute Gasteiger partial charge is 0.181 e. The Morgan fingerprint density at radius 2 is 1.97 bits per heavy atom. The largest absolute Gasteiger partial charge is 0.442 e. The summed E-state index contributed by atoms with van der Waals surface area (Å²) in [5, 5.41) is 0. The SMILES string of the molecule is Ic1ccccc1C1=NCc2c(-c3cnco3)ncn2-c2ccc(C3CC3)cc21. The van der Waals surface area contributed by atoms with Gasteiger partial charge in [-0.05, 0) is 65.1 Å². The third kappa shape index (κ3) is 2.85. The first kappa shape index (κ1) is 17.1. The number of fused-ring (bicyclic) bond motifs is 3. The maximum absolute atomic E-state index is 5.53. The highest BCUT2D eigenvalue weighted by atomic mass is 127. The predicted molar refractivity (Wildman–Crippen MR) is 120 cm³/mol. The molecular weight excluding hydrogens is 475 g/mol. The van der Waals surface area contributed by atoms with Crippen LogP contribution in [0.3, 0.4) is 0 Å². The molecule has 0 amide bonds. The average Bonchev–Trinajstić information content (AvgIpc) is 3.33. The lowest BCUT2D eigenvalue weighted by molar-refractivity contribution is 0.569. The van der Waals surface area contributed by atoms with E-state index >= 15 is 0 Å². The molecule has 6 heteroatoms. The van der Waals surface area contributed by atoms with E-state index in [0.717, 1.165) is 22.8 Å². The second-order valence-electron chi connectivity index (χ2n) is 7.47. The topological polar surface area (TPSA) is 56.2 Å². The summed E-state index contributed by atoms with van der Waals surface area (Å²) < 4.78 is 8.88. The Hall–Kier alpha value is -2.74. The first-order valence-electron chi connectivity index (χ1n) is 9.69. The Morgan fingerprint density at radius 1 is 1.07 bits per heavy atom. The van der Waals surface area contributed by atoms with Gasteiger partial charge in [0.1, 0.15) is 12.0 Å². The fraction of sp³-hybridized carbons (Fsp3) is 0.174. The molecule has 142 valence electrons. The van der Waals surface area contributed by atoms with Crippen LogP contribution in [-0.2, 0) is 6.54 Å². The van der Waals surface area contributed by atoms with Crippen LogP contribution in [0.4, 0.5) is 0 Å². The number of benzene rings is 2. The molecule has 1 saturated carbocycles. The molecule has 3 heterocycles. The zero-order chi connectivity index (χ0) is 19.4. The molecule has 1 aliphatic heterocycles. The fourth-order valence-electron chi connectivity index (χ4n) is 4.02. The monoisotopic (exact) mass is 492 g/mol. The zero-order valence-electron chi connectivity index (χ0n) is 15.5. The Bertz CT molecular complexity index is 1250. The maximum atomic E-state index is 5.53. The summed E-state index contributed by atoms with van der Waals surface area (Å²) in [7, 11) is 0. The van der Waals surface area contributed by atoms with Gasteiger partial charge in [-0.25, -0.2) is 9.97 Å². The van der Waals surface area contributed by atoms with Crippen LogP contribution in [0.2, 0.25) is 0 Å². The lowest BCUT2D eigenvalue weighted by Gasteiger charge is -2.14. The number of imidazole rings is 1. The number of halogens is 1. The van der Waals surface area contributed by atoms with Crippen LogP contribution in [0, 0.1) is 3.57 Å². The van der Waals surface area contributed by atoms with Crippen LogP contribution in [0.25, 0.3) is 17.1 Å². The van der Waals surface area contributed by atoms with Gasteiger partial charge in [0.05, 0.1) is 29.8 Å². The molecule has 0 saturated heterocycles. The molecule has 1 aliphatic carbocycles. The second-order valence-corrected chi connectivity index (χ2v) is 8.63. The maximum Gasteiger partial charge on any atom is 0.181 e. The first-order valence-corrected chi connectivity index (χ1v) is 10.8. The van der Waals surface area contributed by atoms with Crippen molar-refractivity contribution in [1.29, 1.82) is 0 Å². The van der Waals surface area contributed by atoms with E-state index < -0.39 is 0 Å². The van der Waals surface area contributed by atoms with Crippen LogP contribution < -0.4 is 0 Å². The van der Waals surface area contributed by atoms with Crippen molar-refractivity contribution < 1.29 is 4.42 Å². The van der Waals surface area contributed by atoms with Crippen LogP contribution in [0.5, 0.6) is 0 Å². The first-order chi connectivity index (χ1) is 14.3. The van der Waals surface area contributed by atoms with E-state index in [4.69, 9.17) is 9.41 Å². The van der Waals surface area contributed by atoms with Gasteiger partial charge in [-0.1, -0.05) is 24.3 Å². The van der Waals surface area contributed by atoms with Crippen molar-refractivity contribution in [2.45, 2.75) is 25.3 Å². The molecule has 29 heavy (non-hydrogen) atoms. The molecule has 0 radical (unpaired) electrons. The predicted octanol–water partition coefficient (Wildman–Crippen LogP) is 5.36. The third-order valence-electron chi connectivity index (χ3n) is 5.63. The number of rotatable bonds is 3. The minimum absolute atomic E-state index is 0.532. The van der Waals surface area contributed by atoms with Crippen LogP contribution in [0.1, 0.15) is 41.1 Å². The average molecular weight is 492 g/mol. The van der Waals surface area contributed by atoms with E-state index in [0.29, 0.717) is 18.2 Å². The number of nitrogens with zero attached hydrogens (tertiary/aromatic N) is 4. The van der Waals surface area contributed by atoms with Crippen molar-refractivity contribution >= 4 is 28.3 Å². The van der Waals surface area contributed by atoms with Crippen LogP contribution in [-0.4, -0.2) is 20.2 Å². The number of hydrogen-bond acceptors (Lipinski definition) is 4. The molecular formula is C23H17IN4O. The molecule has 2 aromatic heterocycles. The molecule has 0 atom stereocenters. The van der Waals surface area contributed by atoms with E-state index in [1.807, 2.05) is 6.33 Å². The summed E-state index contributed by atoms with van der Waals surface area (Å²) in [6.07, 6.45) is 7.57. The number of oxazole rings is 1. The molecule has 1 fully saturated rings. The summed E-state index contributed by atoms with van der Waals surface area (Å²) >= 11 is 2.40. The molecule has 2 aliphatic rings. The van der Waals surface area contributed by atoms with Gasteiger partial charge in [-0.2, -0.15) is 0 Å². The van der Waals surface area contributed by atoms with E-state index in [1.54, 1.807) is 6.20 Å². The van der Waals surface area contributed by atoms with Crippen molar-refractivity contribution in [3.63, 3.8) is 0 Å². The highest BCUT2D eigenvalue weighted by Gasteiger charge is 2.28. The van der Waals surface area contributed by atoms with Crippen molar-refractivity contribution in [3.8, 4) is 17.1 Å². The van der Waals surface area contributed by atoms with Gasteiger partial charge in [0.15, 0.2) is 12.2 Å². The molecule has 4 aromatic rings. The fourth-order valence-corrected chi connectivity index (χ4v) is 4.66. The van der Waals surface area contributed by atoms with Crippen molar-refractivity contribution in [1.82, 2.24) is 14.5 Å². The van der Waals surface area contributed by atoms with Gasteiger partial charge < -0.3 is 4.42 Å². The molecule has 0 spiro atoms. The summed E-state index contributed by atoms with van der Waals surface area (Å²) in [6, 6.07) is 15.2.